The normalized spacial score (nSPS) is 15.4. The zero-order chi connectivity index (χ0) is 51.1. The van der Waals surface area contributed by atoms with Crippen molar-refractivity contribution in [2.45, 2.75) is 334 Å². The third-order valence-corrected chi connectivity index (χ3v) is 15.6. The quantitative estimate of drug-likeness (QED) is 0.0590. The zero-order valence-electron chi connectivity index (χ0n) is 51.1. The van der Waals surface area contributed by atoms with Crippen molar-refractivity contribution >= 4 is 0 Å². The van der Waals surface area contributed by atoms with Gasteiger partial charge in [0, 0.05) is 0 Å². The first-order valence-corrected chi connectivity index (χ1v) is 30.0. The molecule has 0 heterocycles. The van der Waals surface area contributed by atoms with E-state index in [1.165, 1.54) is 154 Å². The van der Waals surface area contributed by atoms with Gasteiger partial charge in [-0.25, -0.2) is 0 Å². The molecular weight excluding hydrogens is 769 g/mol. The summed E-state index contributed by atoms with van der Waals surface area (Å²) in [6.45, 7) is 60.7. The van der Waals surface area contributed by atoms with Crippen molar-refractivity contribution in [2.75, 3.05) is 0 Å². The molecule has 0 N–H and O–H groups in total. The van der Waals surface area contributed by atoms with Crippen molar-refractivity contribution in [1.82, 2.24) is 0 Å². The summed E-state index contributed by atoms with van der Waals surface area (Å²) >= 11 is 0. The summed E-state index contributed by atoms with van der Waals surface area (Å²) in [5, 5.41) is 0. The van der Waals surface area contributed by atoms with Crippen LogP contribution in [0, 0.1) is 82.9 Å². The third kappa shape index (κ3) is 56.3. The molecule has 64 heavy (non-hydrogen) atoms. The van der Waals surface area contributed by atoms with Crippen LogP contribution in [0.15, 0.2) is 0 Å². The second-order valence-corrected chi connectivity index (χ2v) is 23.7. The van der Waals surface area contributed by atoms with Gasteiger partial charge in [0.25, 0.3) is 0 Å². The number of unbranched alkanes of at least 4 members (excludes halogenated alkanes) is 10. The first-order valence-electron chi connectivity index (χ1n) is 30.0. The molecule has 396 valence electrons. The van der Waals surface area contributed by atoms with Crippen molar-refractivity contribution < 1.29 is 0 Å². The van der Waals surface area contributed by atoms with Crippen LogP contribution in [0.25, 0.3) is 0 Å². The van der Waals surface area contributed by atoms with Gasteiger partial charge in [0.1, 0.15) is 0 Å². The smallest absolute Gasteiger partial charge is 0.0360 e. The molecule has 0 spiro atoms. The van der Waals surface area contributed by atoms with Crippen LogP contribution in [-0.2, 0) is 0 Å². The van der Waals surface area contributed by atoms with Crippen LogP contribution in [0.3, 0.4) is 0 Å². The molecule has 0 aromatic heterocycles. The van der Waals surface area contributed by atoms with Gasteiger partial charge in [-0.1, -0.05) is 328 Å². The van der Waals surface area contributed by atoms with Crippen LogP contribution in [0.5, 0.6) is 0 Å². The second kappa shape index (κ2) is 55.6. The minimum Gasteiger partial charge on any atom is -0.0654 e. The van der Waals surface area contributed by atoms with Gasteiger partial charge in [0.15, 0.2) is 0 Å². The highest BCUT2D eigenvalue weighted by Crippen LogP contribution is 2.38. The molecule has 0 saturated heterocycles. The lowest BCUT2D eigenvalue weighted by molar-refractivity contribution is 0.118. The minimum absolute atomic E-state index is 0.817. The van der Waals surface area contributed by atoms with Crippen molar-refractivity contribution in [2.24, 2.45) is 82.9 Å². The first kappa shape index (κ1) is 75.5. The molecule has 9 atom stereocenters. The van der Waals surface area contributed by atoms with E-state index in [1.807, 2.05) is 0 Å². The van der Waals surface area contributed by atoms with E-state index in [1.54, 1.807) is 0 Å². The van der Waals surface area contributed by atoms with Crippen LogP contribution in [0.2, 0.25) is 0 Å². The topological polar surface area (TPSA) is 0 Å². The van der Waals surface area contributed by atoms with Gasteiger partial charge < -0.3 is 0 Å². The van der Waals surface area contributed by atoms with E-state index in [2.05, 4.69) is 180 Å². The van der Waals surface area contributed by atoms with E-state index >= 15 is 0 Å². The monoisotopic (exact) mass is 909 g/mol. The highest BCUT2D eigenvalue weighted by atomic mass is 14.4. The Kier molecular flexibility index (Phi) is 65.6. The Morgan fingerprint density at radius 1 is 0.250 bits per heavy atom. The van der Waals surface area contributed by atoms with E-state index in [0.717, 1.165) is 82.9 Å². The molecule has 0 aromatic carbocycles. The molecule has 0 rings (SSSR count). The average molecular weight is 910 g/mol. The van der Waals surface area contributed by atoms with Crippen molar-refractivity contribution in [3.05, 3.63) is 0 Å². The fourth-order valence-corrected chi connectivity index (χ4v) is 8.93. The maximum Gasteiger partial charge on any atom is -0.0360 e. The maximum absolute atomic E-state index is 2.49. The van der Waals surface area contributed by atoms with E-state index in [9.17, 15) is 0 Å². The van der Waals surface area contributed by atoms with Crippen molar-refractivity contribution in [3.8, 4) is 0 Å². The Balaban J connectivity index is -0.000000161. The van der Waals surface area contributed by atoms with E-state index in [4.69, 9.17) is 0 Å². The lowest BCUT2D eigenvalue weighted by Crippen LogP contribution is -2.30. The lowest BCUT2D eigenvalue weighted by Gasteiger charge is -2.37. The van der Waals surface area contributed by atoms with Gasteiger partial charge in [-0.3, -0.25) is 0 Å². The summed E-state index contributed by atoms with van der Waals surface area (Å²) in [6, 6.07) is 0. The van der Waals surface area contributed by atoms with Crippen LogP contribution in [0.4, 0.5) is 0 Å². The summed E-state index contributed by atoms with van der Waals surface area (Å²) in [5.74, 6) is 12.4. The Morgan fingerprint density at radius 3 is 0.875 bits per heavy atom. The Hall–Kier alpha value is 0. The predicted octanol–water partition coefficient (Wildman–Crippen LogP) is 24.4. The molecule has 0 heteroatoms. The van der Waals surface area contributed by atoms with E-state index in [-0.39, 0.29) is 0 Å². The van der Waals surface area contributed by atoms with E-state index < -0.39 is 0 Å². The molecule has 0 radical (unpaired) electrons. The Bertz CT molecular complexity index is 750. The molecule has 9 unspecified atom stereocenters. The lowest BCUT2D eigenvalue weighted by atomic mass is 9.68. The third-order valence-electron chi connectivity index (χ3n) is 15.6. The fraction of sp³-hybridized carbons (Fsp3) is 1.00. The van der Waals surface area contributed by atoms with E-state index in [0.29, 0.717) is 0 Å². The summed E-state index contributed by atoms with van der Waals surface area (Å²) in [6.07, 6.45) is 33.6. The maximum atomic E-state index is 2.49. The molecule has 0 amide bonds. The molecule has 0 bridgehead atoms. The molecule has 0 saturated carbocycles. The standard InChI is InChI=1S/C16H34.C12H26.2C10H22.2C8H18/c1-9-15(12(5)6)14(8)16(10-2)13(7)11(3)4;1-9(2)11(5)7-8-12(6)10(3)4;1-5-10(4)8-6-7-9(2)3;1-5-7-10(4)8-9(3)6-2;2*1-3-5-7-8-6-4-2/h11-16H,9-10H2,1-8H3;9-12H,7-8H2,1-6H3;2*9-10H,5-8H2,1-4H3;2*3-8H2,1-2H3. The van der Waals surface area contributed by atoms with Crippen LogP contribution in [-0.4, -0.2) is 0 Å². The van der Waals surface area contributed by atoms with Crippen LogP contribution >= 0.6 is 0 Å². The van der Waals surface area contributed by atoms with Crippen molar-refractivity contribution in [3.63, 3.8) is 0 Å². The largest absolute Gasteiger partial charge is 0.0654 e. The summed E-state index contributed by atoms with van der Waals surface area (Å²) in [4.78, 5) is 0. The fourth-order valence-electron chi connectivity index (χ4n) is 8.93. The Labute approximate surface area is 415 Å². The van der Waals surface area contributed by atoms with Gasteiger partial charge in [-0.05, 0) is 89.3 Å². The molecule has 0 aromatic rings. The predicted molar refractivity (Wildman–Crippen MR) is 307 cm³/mol. The molecule has 0 fully saturated rings. The van der Waals surface area contributed by atoms with Crippen LogP contribution in [0.1, 0.15) is 334 Å². The number of rotatable bonds is 32. The highest BCUT2D eigenvalue weighted by Gasteiger charge is 2.30. The van der Waals surface area contributed by atoms with Crippen LogP contribution < -0.4 is 0 Å². The van der Waals surface area contributed by atoms with Gasteiger partial charge in [-0.2, -0.15) is 0 Å². The molecule has 0 nitrogen and oxygen atoms in total. The summed E-state index contributed by atoms with van der Waals surface area (Å²) in [7, 11) is 0. The van der Waals surface area contributed by atoms with Gasteiger partial charge in [0.05, 0.1) is 0 Å². The molecule has 0 aliphatic carbocycles. The number of hydrogen-bond acceptors (Lipinski definition) is 0. The second-order valence-electron chi connectivity index (χ2n) is 23.7. The molecular formula is C64H140. The highest BCUT2D eigenvalue weighted by molar-refractivity contribution is 4.79. The number of hydrogen-bond donors (Lipinski definition) is 0. The molecule has 0 aliphatic rings. The van der Waals surface area contributed by atoms with Gasteiger partial charge >= 0.3 is 0 Å². The van der Waals surface area contributed by atoms with Gasteiger partial charge in [0.2, 0.25) is 0 Å². The average Bonchev–Trinajstić information content (AvgIpc) is 3.24. The Morgan fingerprint density at radius 2 is 0.625 bits per heavy atom. The molecule has 0 aliphatic heterocycles. The summed E-state index contributed by atoms with van der Waals surface area (Å²) < 4.78 is 0. The first-order chi connectivity index (χ1) is 30.0. The zero-order valence-corrected chi connectivity index (χ0v) is 51.1. The van der Waals surface area contributed by atoms with Gasteiger partial charge in [-0.15, -0.1) is 0 Å². The summed E-state index contributed by atoms with van der Waals surface area (Å²) in [5.41, 5.74) is 0. The SMILES string of the molecule is CC(C)C(C)CCC(C)C(C)C.CCC(C(C)C)C(C)C(CC)C(C)C(C)C.CCC(C)CCCC(C)C.CCCC(C)CC(C)CC.CCCCCCCC.CCCCCCCC. The minimum atomic E-state index is 0.817. The van der Waals surface area contributed by atoms with Crippen molar-refractivity contribution in [1.29, 1.82) is 0 Å².